The number of hydrogen-bond acceptors (Lipinski definition) is 7. The van der Waals surface area contributed by atoms with Gasteiger partial charge in [-0.05, 0) is 55.1 Å². The Morgan fingerprint density at radius 1 is 1.13 bits per heavy atom. The van der Waals surface area contributed by atoms with Crippen molar-refractivity contribution in [3.8, 4) is 5.75 Å². The van der Waals surface area contributed by atoms with E-state index in [-0.39, 0.29) is 5.91 Å². The Balaban J connectivity index is 1.52. The highest BCUT2D eigenvalue weighted by Crippen LogP contribution is 2.51. The smallest absolute Gasteiger partial charge is 0.269 e. The Kier molecular flexibility index (Phi) is 5.11. The Morgan fingerprint density at radius 3 is 2.81 bits per heavy atom. The third kappa shape index (κ3) is 3.45. The molecule has 0 bridgehead atoms. The molecule has 3 aromatic rings. The monoisotopic (exact) mass is 448 g/mol. The topological polar surface area (TPSA) is 58.0 Å². The summed E-state index contributed by atoms with van der Waals surface area (Å²) in [5.41, 5.74) is 2.77. The zero-order chi connectivity index (χ0) is 21.5. The van der Waals surface area contributed by atoms with E-state index in [9.17, 15) is 4.79 Å². The summed E-state index contributed by atoms with van der Waals surface area (Å²) in [6, 6.07) is 15.8. The van der Waals surface area contributed by atoms with Gasteiger partial charge in [-0.1, -0.05) is 17.8 Å². The van der Waals surface area contributed by atoms with Crippen molar-refractivity contribution in [1.82, 2.24) is 9.88 Å². The summed E-state index contributed by atoms with van der Waals surface area (Å²) in [5, 5.41) is 2.64. The maximum absolute atomic E-state index is 13.2. The highest BCUT2D eigenvalue weighted by Gasteiger charge is 2.38. The first-order valence-electron chi connectivity index (χ1n) is 9.86. The number of rotatable bonds is 3. The van der Waals surface area contributed by atoms with E-state index in [0.717, 1.165) is 38.0 Å². The van der Waals surface area contributed by atoms with Gasteiger partial charge in [-0.15, -0.1) is 0 Å². The van der Waals surface area contributed by atoms with Crippen LogP contribution in [0.25, 0.3) is 10.9 Å². The van der Waals surface area contributed by atoms with Crippen molar-refractivity contribution in [2.75, 3.05) is 25.6 Å². The lowest BCUT2D eigenvalue weighted by Crippen LogP contribution is -2.29. The van der Waals surface area contributed by atoms with Gasteiger partial charge in [-0.2, -0.15) is 0 Å². The molecule has 1 amide bonds. The summed E-state index contributed by atoms with van der Waals surface area (Å²) >= 11 is 3.04. The predicted molar refractivity (Wildman–Crippen MR) is 128 cm³/mol. The first-order chi connectivity index (χ1) is 15.1. The van der Waals surface area contributed by atoms with E-state index in [0.29, 0.717) is 16.6 Å². The second-order valence-corrected chi connectivity index (χ2v) is 9.06. The fraction of sp³-hybridized carbons (Fsp3) is 0.174. The molecule has 5 rings (SSSR count). The Bertz CT molecular complexity index is 1270. The number of ether oxygens (including phenoxy) is 1. The lowest BCUT2D eigenvalue weighted by Gasteiger charge is -2.15. The molecular weight excluding hydrogens is 428 g/mol. The molecule has 0 aliphatic carbocycles. The molecule has 3 heterocycles. The van der Waals surface area contributed by atoms with Crippen molar-refractivity contribution in [1.29, 1.82) is 0 Å². The number of methoxy groups -OCH3 is 1. The molecule has 1 aromatic heterocycles. The lowest BCUT2D eigenvalue weighted by molar-refractivity contribution is -0.122. The Morgan fingerprint density at radius 2 is 2.00 bits per heavy atom. The molecule has 2 aromatic carbocycles. The summed E-state index contributed by atoms with van der Waals surface area (Å²) in [7, 11) is 3.64. The molecule has 0 atom stereocenters. The van der Waals surface area contributed by atoms with E-state index in [1.807, 2.05) is 62.5 Å². The molecule has 0 saturated carbocycles. The van der Waals surface area contributed by atoms with Gasteiger partial charge in [0.2, 0.25) is 0 Å². The quantitative estimate of drug-likeness (QED) is 0.511. The first-order valence-corrected chi connectivity index (χ1v) is 11.5. The molecule has 1 saturated heterocycles. The van der Waals surface area contributed by atoms with Crippen molar-refractivity contribution < 1.29 is 9.53 Å². The van der Waals surface area contributed by atoms with Gasteiger partial charge in [0.15, 0.2) is 5.17 Å². The summed E-state index contributed by atoms with van der Waals surface area (Å²) in [6.45, 7) is 2.53. The van der Waals surface area contributed by atoms with Crippen LogP contribution in [0.2, 0.25) is 0 Å². The molecule has 8 heteroatoms. The summed E-state index contributed by atoms with van der Waals surface area (Å²) in [6.07, 6.45) is 1.78. The molecule has 31 heavy (non-hydrogen) atoms. The maximum atomic E-state index is 13.2. The Hall–Kier alpha value is -2.97. The molecule has 1 fully saturated rings. The minimum absolute atomic E-state index is 0.0113. The molecule has 0 radical (unpaired) electrons. The SMILES string of the molecule is CCN1C(=O)/C(=C2/Sc3ccc(OC)cc3N2C)SC1=Nc1ccc2ncccc2c1. The number of fused-ring (bicyclic) bond motifs is 2. The highest BCUT2D eigenvalue weighted by atomic mass is 32.2. The number of aromatic nitrogens is 1. The second-order valence-electron chi connectivity index (χ2n) is 7.06. The summed E-state index contributed by atoms with van der Waals surface area (Å²) in [4.78, 5) is 28.0. The van der Waals surface area contributed by atoms with Gasteiger partial charge in [-0.3, -0.25) is 14.7 Å². The van der Waals surface area contributed by atoms with E-state index < -0.39 is 0 Å². The fourth-order valence-corrected chi connectivity index (χ4v) is 5.98. The normalized spacial score (nSPS) is 19.6. The van der Waals surface area contributed by atoms with Crippen LogP contribution in [0, 0.1) is 0 Å². The number of carbonyl (C=O) groups excluding carboxylic acids is 1. The minimum atomic E-state index is -0.0113. The number of nitrogens with zero attached hydrogens (tertiary/aromatic N) is 4. The van der Waals surface area contributed by atoms with Gasteiger partial charge in [0.05, 0.1) is 29.0 Å². The zero-order valence-electron chi connectivity index (χ0n) is 17.3. The number of carbonyl (C=O) groups is 1. The predicted octanol–water partition coefficient (Wildman–Crippen LogP) is 5.24. The molecule has 0 N–H and O–H groups in total. The van der Waals surface area contributed by atoms with Gasteiger partial charge >= 0.3 is 0 Å². The molecular formula is C23H20N4O2S2. The number of benzene rings is 2. The number of thioether (sulfide) groups is 2. The second kappa shape index (κ2) is 7.94. The number of likely N-dealkylation sites (N-methyl/N-ethyl adjacent to an activating group) is 1. The van der Waals surface area contributed by atoms with Crippen LogP contribution >= 0.6 is 23.5 Å². The van der Waals surface area contributed by atoms with E-state index in [2.05, 4.69) is 9.88 Å². The number of anilines is 1. The van der Waals surface area contributed by atoms with Crippen LogP contribution in [-0.2, 0) is 4.79 Å². The van der Waals surface area contributed by atoms with Crippen LogP contribution in [0.4, 0.5) is 11.4 Å². The molecule has 2 aliphatic heterocycles. The Labute approximate surface area is 189 Å². The fourth-order valence-electron chi connectivity index (χ4n) is 3.59. The average molecular weight is 449 g/mol. The number of hydrogen-bond donors (Lipinski definition) is 0. The van der Waals surface area contributed by atoms with E-state index in [1.165, 1.54) is 11.8 Å². The van der Waals surface area contributed by atoms with E-state index in [4.69, 9.17) is 9.73 Å². The largest absolute Gasteiger partial charge is 0.497 e. The van der Waals surface area contributed by atoms with Crippen molar-refractivity contribution >= 4 is 56.9 Å². The van der Waals surface area contributed by atoms with Gasteiger partial charge in [-0.25, -0.2) is 4.99 Å². The average Bonchev–Trinajstić information content (AvgIpc) is 3.29. The first kappa shape index (κ1) is 20.0. The summed E-state index contributed by atoms with van der Waals surface area (Å²) < 4.78 is 5.36. The number of pyridine rings is 1. The standard InChI is InChI=1S/C23H20N4O2S2/c1-4-27-21(28)20(22-26(2)18-13-16(29-3)8-10-19(18)30-22)31-23(27)25-15-7-9-17-14(12-15)6-5-11-24-17/h5-13H,4H2,1-3H3/b22-20-,25-23?. The van der Waals surface area contributed by atoms with Crippen LogP contribution in [0.15, 0.2) is 74.5 Å². The van der Waals surface area contributed by atoms with Crippen molar-refractivity contribution in [3.05, 3.63) is 64.7 Å². The van der Waals surface area contributed by atoms with Crippen LogP contribution in [-0.4, -0.2) is 41.7 Å². The maximum Gasteiger partial charge on any atom is 0.269 e. The minimum Gasteiger partial charge on any atom is -0.497 e. The molecule has 0 spiro atoms. The van der Waals surface area contributed by atoms with Gasteiger partial charge in [0, 0.05) is 36.1 Å². The number of amides is 1. The zero-order valence-corrected chi connectivity index (χ0v) is 19.0. The summed E-state index contributed by atoms with van der Waals surface area (Å²) in [5.74, 6) is 0.786. The lowest BCUT2D eigenvalue weighted by atomic mass is 10.2. The number of aliphatic imine (C=N–C) groups is 1. The van der Waals surface area contributed by atoms with Gasteiger partial charge < -0.3 is 9.64 Å². The van der Waals surface area contributed by atoms with Crippen LogP contribution < -0.4 is 9.64 Å². The van der Waals surface area contributed by atoms with Crippen LogP contribution in [0.1, 0.15) is 6.92 Å². The highest BCUT2D eigenvalue weighted by molar-refractivity contribution is 8.19. The van der Waals surface area contributed by atoms with Gasteiger partial charge in [0.1, 0.15) is 10.7 Å². The van der Waals surface area contributed by atoms with Crippen LogP contribution in [0.3, 0.4) is 0 Å². The molecule has 156 valence electrons. The third-order valence-corrected chi connectivity index (χ3v) is 7.66. The van der Waals surface area contributed by atoms with E-state index in [1.54, 1.807) is 30.0 Å². The van der Waals surface area contributed by atoms with Crippen molar-refractivity contribution in [3.63, 3.8) is 0 Å². The van der Waals surface area contributed by atoms with Crippen molar-refractivity contribution in [2.24, 2.45) is 4.99 Å². The third-order valence-electron chi connectivity index (χ3n) is 5.22. The van der Waals surface area contributed by atoms with Crippen molar-refractivity contribution in [2.45, 2.75) is 11.8 Å². The number of amidine groups is 1. The molecule has 0 unspecified atom stereocenters. The van der Waals surface area contributed by atoms with E-state index >= 15 is 0 Å². The molecule has 6 nitrogen and oxygen atoms in total. The molecule has 2 aliphatic rings. The van der Waals surface area contributed by atoms with Gasteiger partial charge in [0.25, 0.3) is 5.91 Å². The van der Waals surface area contributed by atoms with Crippen LogP contribution in [0.5, 0.6) is 5.75 Å².